The Balaban J connectivity index is 1.50. The summed E-state index contributed by atoms with van der Waals surface area (Å²) in [6.45, 7) is 1.77. The molecular weight excluding hydrogens is 473 g/mol. The maximum atomic E-state index is 13.5. The van der Waals surface area contributed by atoms with Crippen LogP contribution < -0.4 is 10.5 Å². The van der Waals surface area contributed by atoms with E-state index >= 15 is 0 Å². The second-order valence-corrected chi connectivity index (χ2v) is 9.32. The molecule has 1 fully saturated rings. The van der Waals surface area contributed by atoms with Crippen LogP contribution in [0.4, 0.5) is 10.1 Å². The molecule has 1 amide bonds. The third-order valence-electron chi connectivity index (χ3n) is 5.55. The first-order chi connectivity index (χ1) is 16.3. The summed E-state index contributed by atoms with van der Waals surface area (Å²) in [6, 6.07) is 18.7. The number of rotatable bonds is 4. The third kappa shape index (κ3) is 3.72. The van der Waals surface area contributed by atoms with Gasteiger partial charge in [0.05, 0.1) is 16.3 Å². The lowest BCUT2D eigenvalue weighted by molar-refractivity contribution is -0.113. The molecule has 170 valence electrons. The molecule has 0 aliphatic carbocycles. The maximum absolute atomic E-state index is 13.5. The normalized spacial score (nSPS) is 15.0. The Bertz CT molecular complexity index is 1530. The molecule has 0 atom stereocenters. The number of carbonyl (C=O) groups excluding carboxylic acids is 1. The molecule has 1 aliphatic heterocycles. The van der Waals surface area contributed by atoms with Gasteiger partial charge >= 0.3 is 0 Å². The third-order valence-corrected chi connectivity index (χ3v) is 6.85. The second-order valence-electron chi connectivity index (χ2n) is 7.64. The number of carbonyl (C=O) groups is 1. The minimum absolute atomic E-state index is 0.220. The number of furan rings is 1. The van der Waals surface area contributed by atoms with Gasteiger partial charge in [0.25, 0.3) is 11.5 Å². The van der Waals surface area contributed by atoms with Gasteiger partial charge in [0.2, 0.25) is 0 Å². The van der Waals surface area contributed by atoms with E-state index in [2.05, 4.69) is 0 Å². The fraction of sp³-hybridized carbons (Fsp3) is 0.0800. The van der Waals surface area contributed by atoms with Crippen LogP contribution in [-0.4, -0.2) is 19.6 Å². The summed E-state index contributed by atoms with van der Waals surface area (Å²) in [4.78, 5) is 28.3. The number of nitrogens with zero attached hydrogens (tertiary/aromatic N) is 3. The lowest BCUT2D eigenvalue weighted by Gasteiger charge is -2.12. The van der Waals surface area contributed by atoms with Crippen LogP contribution in [0.15, 0.2) is 80.8 Å². The standard InChI is InChI=1S/C25H18FN3O3S2/c1-15-22(24(31)29(27(15)2)18-9-4-3-5-10-18)28-23(30)21(34-25(28)33)14-19-11-12-20(32-19)16-7-6-8-17(26)13-16/h3-14H,1-2H3. The predicted molar refractivity (Wildman–Crippen MR) is 136 cm³/mol. The van der Waals surface area contributed by atoms with Gasteiger partial charge in [-0.2, -0.15) is 0 Å². The molecule has 0 unspecified atom stereocenters. The maximum Gasteiger partial charge on any atom is 0.296 e. The zero-order valence-corrected chi connectivity index (χ0v) is 19.8. The van der Waals surface area contributed by atoms with Crippen molar-refractivity contribution in [1.82, 2.24) is 9.36 Å². The molecule has 0 saturated carbocycles. The van der Waals surface area contributed by atoms with Crippen molar-refractivity contribution in [2.75, 3.05) is 4.90 Å². The number of halogens is 1. The number of thioether (sulfide) groups is 1. The monoisotopic (exact) mass is 491 g/mol. The highest BCUT2D eigenvalue weighted by molar-refractivity contribution is 8.27. The van der Waals surface area contributed by atoms with Gasteiger partial charge in [-0.25, -0.2) is 9.07 Å². The highest BCUT2D eigenvalue weighted by atomic mass is 32.2. The van der Waals surface area contributed by atoms with Crippen LogP contribution in [0, 0.1) is 12.7 Å². The van der Waals surface area contributed by atoms with Gasteiger partial charge in [-0.3, -0.25) is 19.2 Å². The van der Waals surface area contributed by atoms with Gasteiger partial charge in [-0.15, -0.1) is 0 Å². The van der Waals surface area contributed by atoms with Gasteiger partial charge in [0.15, 0.2) is 4.32 Å². The second kappa shape index (κ2) is 8.58. The number of aromatic nitrogens is 2. The van der Waals surface area contributed by atoms with Crippen molar-refractivity contribution in [3.05, 3.63) is 99.3 Å². The number of para-hydroxylation sites is 1. The Hall–Kier alpha value is -3.69. The van der Waals surface area contributed by atoms with E-state index in [1.54, 1.807) is 49.0 Å². The molecule has 0 radical (unpaired) electrons. The fourth-order valence-corrected chi connectivity index (χ4v) is 5.08. The van der Waals surface area contributed by atoms with Crippen molar-refractivity contribution >= 4 is 46.0 Å². The topological polar surface area (TPSA) is 60.4 Å². The van der Waals surface area contributed by atoms with Crippen LogP contribution in [0.2, 0.25) is 0 Å². The summed E-state index contributed by atoms with van der Waals surface area (Å²) >= 11 is 6.57. The zero-order valence-electron chi connectivity index (χ0n) is 18.2. The molecule has 0 spiro atoms. The Labute approximate surface area is 203 Å². The van der Waals surface area contributed by atoms with E-state index in [1.807, 2.05) is 30.3 Å². The van der Waals surface area contributed by atoms with E-state index in [1.165, 1.54) is 21.7 Å². The van der Waals surface area contributed by atoms with Crippen molar-refractivity contribution in [3.63, 3.8) is 0 Å². The molecule has 0 bridgehead atoms. The van der Waals surface area contributed by atoms with Gasteiger partial charge < -0.3 is 4.42 Å². The average Bonchev–Trinajstić information content (AvgIpc) is 3.46. The van der Waals surface area contributed by atoms with E-state index in [9.17, 15) is 14.0 Å². The average molecular weight is 492 g/mol. The highest BCUT2D eigenvalue weighted by Crippen LogP contribution is 2.37. The van der Waals surface area contributed by atoms with Crippen LogP contribution in [0.3, 0.4) is 0 Å². The van der Waals surface area contributed by atoms with E-state index in [0.717, 1.165) is 11.8 Å². The SMILES string of the molecule is Cc1c(N2C(=O)C(=Cc3ccc(-c4cccc(F)c4)o3)SC2=S)c(=O)n(-c2ccccc2)n1C. The van der Waals surface area contributed by atoms with Crippen LogP contribution >= 0.6 is 24.0 Å². The largest absolute Gasteiger partial charge is 0.457 e. The summed E-state index contributed by atoms with van der Waals surface area (Å²) in [5, 5.41) is 0. The van der Waals surface area contributed by atoms with Crippen LogP contribution in [0.5, 0.6) is 0 Å². The summed E-state index contributed by atoms with van der Waals surface area (Å²) in [6.07, 6.45) is 1.58. The van der Waals surface area contributed by atoms with Crippen LogP contribution in [0.25, 0.3) is 23.1 Å². The van der Waals surface area contributed by atoms with Crippen LogP contribution in [-0.2, 0) is 11.8 Å². The summed E-state index contributed by atoms with van der Waals surface area (Å²) in [5.41, 5.74) is 1.77. The van der Waals surface area contributed by atoms with Crippen molar-refractivity contribution in [1.29, 1.82) is 0 Å². The van der Waals surface area contributed by atoms with E-state index in [-0.39, 0.29) is 21.4 Å². The minimum Gasteiger partial charge on any atom is -0.457 e. The predicted octanol–water partition coefficient (Wildman–Crippen LogP) is 5.29. The number of hydrogen-bond acceptors (Lipinski definition) is 5. The highest BCUT2D eigenvalue weighted by Gasteiger charge is 2.38. The first-order valence-electron chi connectivity index (χ1n) is 10.3. The van der Waals surface area contributed by atoms with Crippen molar-refractivity contribution < 1.29 is 13.6 Å². The van der Waals surface area contributed by atoms with Gasteiger partial charge in [0, 0.05) is 18.7 Å². The molecule has 34 heavy (non-hydrogen) atoms. The molecule has 2 aromatic heterocycles. The Morgan fingerprint density at radius 2 is 1.79 bits per heavy atom. The number of hydrogen-bond donors (Lipinski definition) is 0. The summed E-state index contributed by atoms with van der Waals surface area (Å²) < 4.78 is 22.8. The molecule has 4 aromatic rings. The quantitative estimate of drug-likeness (QED) is 0.287. The first-order valence-corrected chi connectivity index (χ1v) is 11.6. The molecule has 1 aliphatic rings. The fourth-order valence-electron chi connectivity index (χ4n) is 3.83. The Morgan fingerprint density at radius 1 is 1.03 bits per heavy atom. The zero-order chi connectivity index (χ0) is 24.0. The Morgan fingerprint density at radius 3 is 2.53 bits per heavy atom. The lowest BCUT2D eigenvalue weighted by Crippen LogP contribution is -2.33. The molecule has 6 nitrogen and oxygen atoms in total. The number of amides is 1. The Kier molecular flexibility index (Phi) is 5.59. The van der Waals surface area contributed by atoms with Crippen molar-refractivity contribution in [2.24, 2.45) is 7.05 Å². The van der Waals surface area contributed by atoms with Crippen molar-refractivity contribution in [3.8, 4) is 17.0 Å². The van der Waals surface area contributed by atoms with E-state index in [0.29, 0.717) is 33.4 Å². The van der Waals surface area contributed by atoms with Gasteiger partial charge in [-0.05, 0) is 43.3 Å². The number of thiocarbonyl (C=S) groups is 1. The smallest absolute Gasteiger partial charge is 0.296 e. The van der Waals surface area contributed by atoms with E-state index < -0.39 is 5.91 Å². The first kappa shape index (κ1) is 22.1. The molecular formula is C25H18FN3O3S2. The van der Waals surface area contributed by atoms with E-state index in [4.69, 9.17) is 16.6 Å². The molecule has 9 heteroatoms. The molecule has 0 N–H and O–H groups in total. The summed E-state index contributed by atoms with van der Waals surface area (Å²) in [7, 11) is 1.76. The van der Waals surface area contributed by atoms with Gasteiger partial charge in [-0.1, -0.05) is 54.3 Å². The molecule has 2 aromatic carbocycles. The molecule has 5 rings (SSSR count). The number of anilines is 1. The summed E-state index contributed by atoms with van der Waals surface area (Å²) in [5.74, 6) is 0.137. The lowest BCUT2D eigenvalue weighted by atomic mass is 10.2. The molecule has 3 heterocycles. The number of benzene rings is 2. The van der Waals surface area contributed by atoms with Crippen LogP contribution in [0.1, 0.15) is 11.5 Å². The molecule has 1 saturated heterocycles. The van der Waals surface area contributed by atoms with Crippen molar-refractivity contribution in [2.45, 2.75) is 6.92 Å². The van der Waals surface area contributed by atoms with Gasteiger partial charge in [0.1, 0.15) is 23.0 Å². The minimum atomic E-state index is -0.398.